The fourth-order valence-electron chi connectivity index (χ4n) is 1.66. The highest BCUT2D eigenvalue weighted by molar-refractivity contribution is 6.32. The SMILES string of the molecule is Fc1c(Cl)cccc1-c1nnc(-c2cccnc2Cl)o1. The number of pyridine rings is 1. The van der Waals surface area contributed by atoms with Gasteiger partial charge in [0, 0.05) is 6.20 Å². The maximum absolute atomic E-state index is 13.9. The fourth-order valence-corrected chi connectivity index (χ4v) is 2.03. The van der Waals surface area contributed by atoms with Crippen LogP contribution in [0, 0.1) is 5.82 Å². The highest BCUT2D eigenvalue weighted by Crippen LogP contribution is 2.30. The van der Waals surface area contributed by atoms with Gasteiger partial charge in [-0.1, -0.05) is 29.3 Å². The topological polar surface area (TPSA) is 51.8 Å². The third kappa shape index (κ3) is 2.26. The van der Waals surface area contributed by atoms with Crippen LogP contribution in [0.5, 0.6) is 0 Å². The first-order valence-corrected chi connectivity index (χ1v) is 6.31. The maximum atomic E-state index is 13.9. The molecule has 2 aromatic heterocycles. The number of hydrogen-bond acceptors (Lipinski definition) is 4. The molecule has 0 aliphatic carbocycles. The van der Waals surface area contributed by atoms with Crippen molar-refractivity contribution in [3.8, 4) is 22.9 Å². The molecule has 0 aliphatic rings. The quantitative estimate of drug-likeness (QED) is 0.664. The molecule has 0 aliphatic heterocycles. The van der Waals surface area contributed by atoms with Crippen LogP contribution < -0.4 is 0 Å². The summed E-state index contributed by atoms with van der Waals surface area (Å²) >= 11 is 11.7. The minimum atomic E-state index is -0.610. The molecule has 0 bridgehead atoms. The first-order valence-electron chi connectivity index (χ1n) is 5.55. The molecule has 0 amide bonds. The molecule has 0 saturated heterocycles. The summed E-state index contributed by atoms with van der Waals surface area (Å²) in [4.78, 5) is 3.91. The van der Waals surface area contributed by atoms with E-state index in [9.17, 15) is 4.39 Å². The van der Waals surface area contributed by atoms with E-state index in [1.54, 1.807) is 24.4 Å². The minimum Gasteiger partial charge on any atom is -0.416 e. The van der Waals surface area contributed by atoms with E-state index in [-0.39, 0.29) is 27.5 Å². The Morgan fingerprint density at radius 3 is 2.40 bits per heavy atom. The Balaban J connectivity index is 2.07. The monoisotopic (exact) mass is 309 g/mol. The molecule has 0 spiro atoms. The van der Waals surface area contributed by atoms with Gasteiger partial charge in [-0.3, -0.25) is 0 Å². The first kappa shape index (κ1) is 13.0. The Hall–Kier alpha value is -1.98. The number of benzene rings is 1. The minimum absolute atomic E-state index is 0.0124. The zero-order valence-electron chi connectivity index (χ0n) is 9.85. The second kappa shape index (κ2) is 5.19. The predicted octanol–water partition coefficient (Wildman–Crippen LogP) is 4.24. The van der Waals surface area contributed by atoms with E-state index < -0.39 is 5.82 Å². The summed E-state index contributed by atoms with van der Waals surface area (Å²) in [5.41, 5.74) is 0.617. The van der Waals surface area contributed by atoms with Gasteiger partial charge in [0.15, 0.2) is 5.82 Å². The molecule has 4 nitrogen and oxygen atoms in total. The standard InChI is InChI=1S/C13H6Cl2FN3O/c14-9-5-1-3-7(10(9)16)12-18-19-13(20-12)8-4-2-6-17-11(8)15/h1-6H. The van der Waals surface area contributed by atoms with E-state index >= 15 is 0 Å². The number of hydrogen-bond donors (Lipinski definition) is 0. The first-order chi connectivity index (χ1) is 9.66. The van der Waals surface area contributed by atoms with Gasteiger partial charge >= 0.3 is 0 Å². The van der Waals surface area contributed by atoms with Crippen molar-refractivity contribution in [2.75, 3.05) is 0 Å². The van der Waals surface area contributed by atoms with Gasteiger partial charge in [-0.25, -0.2) is 9.37 Å². The summed E-state index contributed by atoms with van der Waals surface area (Å²) in [7, 11) is 0. The van der Waals surface area contributed by atoms with Gasteiger partial charge in [-0.2, -0.15) is 0 Å². The molecule has 0 radical (unpaired) electrons. The van der Waals surface area contributed by atoms with E-state index in [1.807, 2.05) is 0 Å². The molecule has 0 saturated carbocycles. The number of rotatable bonds is 2. The molecule has 3 rings (SSSR count). The van der Waals surface area contributed by atoms with Crippen molar-refractivity contribution in [1.29, 1.82) is 0 Å². The molecule has 2 heterocycles. The van der Waals surface area contributed by atoms with Gasteiger partial charge in [-0.05, 0) is 24.3 Å². The number of halogens is 3. The molecule has 0 N–H and O–H groups in total. The van der Waals surface area contributed by atoms with Crippen molar-refractivity contribution in [3.63, 3.8) is 0 Å². The summed E-state index contributed by atoms with van der Waals surface area (Å²) in [5, 5.41) is 7.87. The number of nitrogens with zero attached hydrogens (tertiary/aromatic N) is 3. The Kier molecular flexibility index (Phi) is 3.38. The largest absolute Gasteiger partial charge is 0.416 e. The van der Waals surface area contributed by atoms with Crippen LogP contribution in [0.15, 0.2) is 40.9 Å². The van der Waals surface area contributed by atoms with Crippen LogP contribution in [0.2, 0.25) is 10.2 Å². The Labute approximate surface area is 123 Å². The van der Waals surface area contributed by atoms with Crippen LogP contribution in [0.3, 0.4) is 0 Å². The van der Waals surface area contributed by atoms with E-state index in [2.05, 4.69) is 15.2 Å². The van der Waals surface area contributed by atoms with Gasteiger partial charge in [0.2, 0.25) is 0 Å². The second-order valence-corrected chi connectivity index (χ2v) is 4.62. The van der Waals surface area contributed by atoms with Gasteiger partial charge in [0.05, 0.1) is 16.1 Å². The summed E-state index contributed by atoms with van der Waals surface area (Å²) in [6.07, 6.45) is 1.54. The molecule has 0 atom stereocenters. The third-order valence-electron chi connectivity index (χ3n) is 2.60. The fraction of sp³-hybridized carbons (Fsp3) is 0. The van der Waals surface area contributed by atoms with Crippen LogP contribution >= 0.6 is 23.2 Å². The molecular formula is C13H6Cl2FN3O. The Morgan fingerprint density at radius 2 is 1.65 bits per heavy atom. The summed E-state index contributed by atoms with van der Waals surface area (Å²) < 4.78 is 19.3. The van der Waals surface area contributed by atoms with Gasteiger partial charge < -0.3 is 4.42 Å². The van der Waals surface area contributed by atoms with Crippen molar-refractivity contribution in [3.05, 3.63) is 52.5 Å². The maximum Gasteiger partial charge on any atom is 0.251 e. The van der Waals surface area contributed by atoms with E-state index in [0.717, 1.165) is 0 Å². The third-order valence-corrected chi connectivity index (χ3v) is 3.19. The average molecular weight is 310 g/mol. The summed E-state index contributed by atoms with van der Waals surface area (Å²) in [6.45, 7) is 0. The molecule has 3 aromatic rings. The lowest BCUT2D eigenvalue weighted by molar-refractivity contribution is 0.570. The van der Waals surface area contributed by atoms with Crippen molar-refractivity contribution in [1.82, 2.24) is 15.2 Å². The van der Waals surface area contributed by atoms with Crippen LogP contribution in [0.1, 0.15) is 0 Å². The lowest BCUT2D eigenvalue weighted by Gasteiger charge is -1.99. The highest BCUT2D eigenvalue weighted by atomic mass is 35.5. The van der Waals surface area contributed by atoms with Crippen molar-refractivity contribution < 1.29 is 8.81 Å². The van der Waals surface area contributed by atoms with Crippen LogP contribution in [-0.2, 0) is 0 Å². The van der Waals surface area contributed by atoms with Crippen molar-refractivity contribution in [2.45, 2.75) is 0 Å². The zero-order valence-corrected chi connectivity index (χ0v) is 11.4. The Morgan fingerprint density at radius 1 is 0.950 bits per heavy atom. The molecule has 0 unspecified atom stereocenters. The van der Waals surface area contributed by atoms with E-state index in [0.29, 0.717) is 5.56 Å². The summed E-state index contributed by atoms with van der Waals surface area (Å²) in [6, 6.07) is 7.91. The van der Waals surface area contributed by atoms with Crippen LogP contribution in [0.4, 0.5) is 4.39 Å². The van der Waals surface area contributed by atoms with Crippen molar-refractivity contribution >= 4 is 23.2 Å². The molecule has 0 fully saturated rings. The molecular weight excluding hydrogens is 304 g/mol. The zero-order chi connectivity index (χ0) is 14.1. The Bertz CT molecular complexity index is 776. The van der Waals surface area contributed by atoms with E-state index in [4.69, 9.17) is 27.6 Å². The summed E-state index contributed by atoms with van der Waals surface area (Å²) in [5.74, 6) is -0.418. The van der Waals surface area contributed by atoms with Crippen LogP contribution in [0.25, 0.3) is 22.9 Å². The lowest BCUT2D eigenvalue weighted by Crippen LogP contribution is -1.85. The molecule has 100 valence electrons. The van der Waals surface area contributed by atoms with Crippen molar-refractivity contribution in [2.24, 2.45) is 0 Å². The smallest absolute Gasteiger partial charge is 0.251 e. The van der Waals surface area contributed by atoms with Gasteiger partial charge in [-0.15, -0.1) is 10.2 Å². The van der Waals surface area contributed by atoms with Gasteiger partial charge in [0.1, 0.15) is 5.15 Å². The lowest BCUT2D eigenvalue weighted by atomic mass is 10.2. The number of aromatic nitrogens is 3. The average Bonchev–Trinajstić information content (AvgIpc) is 2.92. The normalized spacial score (nSPS) is 10.8. The predicted molar refractivity (Wildman–Crippen MR) is 72.9 cm³/mol. The highest BCUT2D eigenvalue weighted by Gasteiger charge is 2.17. The molecule has 7 heteroatoms. The van der Waals surface area contributed by atoms with Crippen LogP contribution in [-0.4, -0.2) is 15.2 Å². The molecule has 20 heavy (non-hydrogen) atoms. The van der Waals surface area contributed by atoms with Gasteiger partial charge in [0.25, 0.3) is 11.8 Å². The second-order valence-electron chi connectivity index (χ2n) is 3.86. The molecule has 1 aromatic carbocycles. The van der Waals surface area contributed by atoms with E-state index in [1.165, 1.54) is 12.1 Å².